The monoisotopic (exact) mass is 348 g/mol. The average Bonchev–Trinajstić information content (AvgIpc) is 3.04. The van der Waals surface area contributed by atoms with Crippen molar-refractivity contribution in [3.8, 4) is 0 Å². The molecule has 0 aliphatic rings. The van der Waals surface area contributed by atoms with Crippen molar-refractivity contribution in [2.24, 2.45) is 0 Å². The minimum absolute atomic E-state index is 0.118. The van der Waals surface area contributed by atoms with E-state index < -0.39 is 0 Å². The van der Waals surface area contributed by atoms with Crippen molar-refractivity contribution < 1.29 is 9.59 Å². The van der Waals surface area contributed by atoms with Crippen molar-refractivity contribution >= 4 is 34.9 Å². The normalized spacial score (nSPS) is 11.1. The van der Waals surface area contributed by atoms with E-state index in [4.69, 9.17) is 0 Å². The molecule has 0 unspecified atom stereocenters. The fourth-order valence-corrected chi connectivity index (χ4v) is 3.15. The molecule has 1 aromatic heterocycles. The highest BCUT2D eigenvalue weighted by atomic mass is 32.2. The molecule has 0 aliphatic carbocycles. The Labute approximate surface area is 144 Å². The summed E-state index contributed by atoms with van der Waals surface area (Å²) in [4.78, 5) is 25.1. The zero-order valence-corrected chi connectivity index (χ0v) is 15.0. The number of carbonyl (C=O) groups excluding carboxylic acids is 2. The number of thiophene rings is 1. The van der Waals surface area contributed by atoms with Crippen LogP contribution in [-0.2, 0) is 10.2 Å². The van der Waals surface area contributed by atoms with Crippen LogP contribution in [0.1, 0.15) is 36.0 Å². The Kier molecular flexibility index (Phi) is 5.85. The Morgan fingerprint density at radius 2 is 1.78 bits per heavy atom. The molecule has 1 aromatic carbocycles. The van der Waals surface area contributed by atoms with E-state index in [1.54, 1.807) is 12.1 Å². The smallest absolute Gasteiger partial charge is 0.272 e. The molecule has 0 saturated heterocycles. The number of nitrogens with one attached hydrogen (secondary N) is 2. The molecule has 0 atom stereocenters. The van der Waals surface area contributed by atoms with E-state index in [1.807, 2.05) is 17.5 Å². The number of rotatable bonds is 4. The minimum atomic E-state index is -0.298. The number of hydrogen-bond acceptors (Lipinski definition) is 4. The predicted octanol–water partition coefficient (Wildman–Crippen LogP) is 3.60. The molecule has 0 fully saturated rings. The molecule has 1 heterocycles. The summed E-state index contributed by atoms with van der Waals surface area (Å²) in [5.41, 5.74) is 6.21. The standard InChI is InChI=1S/C17H20N2O2S2/c1-17(2,3)12-6-8-13(9-7-12)23-11-15(20)18-19-16(21)14-5-4-10-22-14/h4-10H,11H2,1-3H3,(H,18,20)(H,19,21). The number of thioether (sulfide) groups is 1. The summed E-state index contributed by atoms with van der Waals surface area (Å²) in [7, 11) is 0. The van der Waals surface area contributed by atoms with Gasteiger partial charge in [-0.3, -0.25) is 20.4 Å². The van der Waals surface area contributed by atoms with Crippen molar-refractivity contribution in [2.45, 2.75) is 31.1 Å². The summed E-state index contributed by atoms with van der Waals surface area (Å²) >= 11 is 2.76. The highest BCUT2D eigenvalue weighted by Crippen LogP contribution is 2.25. The van der Waals surface area contributed by atoms with Gasteiger partial charge in [-0.1, -0.05) is 39.0 Å². The van der Waals surface area contributed by atoms with Gasteiger partial charge in [0.05, 0.1) is 10.6 Å². The van der Waals surface area contributed by atoms with Gasteiger partial charge in [0.2, 0.25) is 5.91 Å². The molecule has 4 nitrogen and oxygen atoms in total. The largest absolute Gasteiger partial charge is 0.279 e. The molecule has 2 aromatic rings. The number of benzene rings is 1. The fraction of sp³-hybridized carbons (Fsp3) is 0.294. The molecule has 2 rings (SSSR count). The molecule has 0 radical (unpaired) electrons. The second kappa shape index (κ2) is 7.66. The van der Waals surface area contributed by atoms with Crippen LogP contribution in [0, 0.1) is 0 Å². The van der Waals surface area contributed by atoms with E-state index in [0.29, 0.717) is 4.88 Å². The topological polar surface area (TPSA) is 58.2 Å². The van der Waals surface area contributed by atoms with Crippen LogP contribution in [0.15, 0.2) is 46.7 Å². The third-order valence-corrected chi connectivity index (χ3v) is 5.03. The second-order valence-corrected chi connectivity index (χ2v) is 8.04. The Morgan fingerprint density at radius 1 is 1.09 bits per heavy atom. The van der Waals surface area contributed by atoms with Gasteiger partial charge in [0.15, 0.2) is 0 Å². The first kappa shape index (κ1) is 17.6. The van der Waals surface area contributed by atoms with Gasteiger partial charge in [0.1, 0.15) is 0 Å². The van der Waals surface area contributed by atoms with E-state index in [1.165, 1.54) is 28.7 Å². The summed E-state index contributed by atoms with van der Waals surface area (Å²) in [5, 5.41) is 1.81. The van der Waals surface area contributed by atoms with Crippen molar-refractivity contribution in [1.29, 1.82) is 0 Å². The lowest BCUT2D eigenvalue weighted by atomic mass is 9.87. The van der Waals surface area contributed by atoms with Gasteiger partial charge in [-0.15, -0.1) is 23.1 Å². The first-order chi connectivity index (χ1) is 10.9. The van der Waals surface area contributed by atoms with Crippen molar-refractivity contribution in [3.05, 3.63) is 52.2 Å². The second-order valence-electron chi connectivity index (χ2n) is 6.04. The summed E-state index contributed by atoms with van der Waals surface area (Å²) in [5.74, 6) is -0.285. The molecule has 2 amide bonds. The van der Waals surface area contributed by atoms with E-state index >= 15 is 0 Å². The van der Waals surface area contributed by atoms with Gasteiger partial charge < -0.3 is 0 Å². The first-order valence-electron chi connectivity index (χ1n) is 7.22. The van der Waals surface area contributed by atoms with Crippen LogP contribution < -0.4 is 10.9 Å². The van der Waals surface area contributed by atoms with Gasteiger partial charge in [0.25, 0.3) is 5.91 Å². The molecule has 122 valence electrons. The lowest BCUT2D eigenvalue weighted by Crippen LogP contribution is -2.42. The SMILES string of the molecule is CC(C)(C)c1ccc(SCC(=O)NNC(=O)c2cccs2)cc1. The van der Waals surface area contributed by atoms with Gasteiger partial charge in [0, 0.05) is 4.90 Å². The first-order valence-corrected chi connectivity index (χ1v) is 9.09. The van der Waals surface area contributed by atoms with Crippen LogP contribution in [0.3, 0.4) is 0 Å². The third kappa shape index (κ3) is 5.41. The van der Waals surface area contributed by atoms with Gasteiger partial charge in [-0.25, -0.2) is 0 Å². The average molecular weight is 348 g/mol. The molecule has 2 N–H and O–H groups in total. The summed E-state index contributed by atoms with van der Waals surface area (Å²) in [6.45, 7) is 6.50. The Morgan fingerprint density at radius 3 is 2.35 bits per heavy atom. The maximum Gasteiger partial charge on any atom is 0.279 e. The molecule has 23 heavy (non-hydrogen) atoms. The minimum Gasteiger partial charge on any atom is -0.272 e. The molecule has 0 aliphatic heterocycles. The summed E-state index contributed by atoms with van der Waals surface area (Å²) in [6.07, 6.45) is 0. The quantitative estimate of drug-likeness (QED) is 0.656. The van der Waals surface area contributed by atoms with E-state index in [0.717, 1.165) is 4.90 Å². The predicted molar refractivity (Wildman–Crippen MR) is 95.8 cm³/mol. The zero-order chi connectivity index (χ0) is 16.9. The highest BCUT2D eigenvalue weighted by Gasteiger charge is 2.13. The van der Waals surface area contributed by atoms with Gasteiger partial charge >= 0.3 is 0 Å². The van der Waals surface area contributed by atoms with Crippen molar-refractivity contribution in [3.63, 3.8) is 0 Å². The lowest BCUT2D eigenvalue weighted by Gasteiger charge is -2.19. The maximum atomic E-state index is 11.8. The zero-order valence-electron chi connectivity index (χ0n) is 13.4. The lowest BCUT2D eigenvalue weighted by molar-refractivity contribution is -0.119. The molecule has 6 heteroatoms. The van der Waals surface area contributed by atoms with Gasteiger partial charge in [-0.05, 0) is 34.6 Å². The van der Waals surface area contributed by atoms with Crippen LogP contribution >= 0.6 is 23.1 Å². The number of amides is 2. The molecule has 0 bridgehead atoms. The Balaban J connectivity index is 1.77. The number of carbonyl (C=O) groups is 2. The molecular weight excluding hydrogens is 328 g/mol. The van der Waals surface area contributed by atoms with E-state index in [2.05, 4.69) is 43.8 Å². The van der Waals surface area contributed by atoms with Crippen LogP contribution in [0.4, 0.5) is 0 Å². The van der Waals surface area contributed by atoms with Crippen molar-refractivity contribution in [2.75, 3.05) is 5.75 Å². The number of hydrazine groups is 1. The third-order valence-electron chi connectivity index (χ3n) is 3.15. The molecular formula is C17H20N2O2S2. The Hall–Kier alpha value is -1.79. The van der Waals surface area contributed by atoms with Crippen LogP contribution in [0.2, 0.25) is 0 Å². The maximum absolute atomic E-state index is 11.8. The van der Waals surface area contributed by atoms with Crippen LogP contribution in [0.25, 0.3) is 0 Å². The fourth-order valence-electron chi connectivity index (χ4n) is 1.83. The van der Waals surface area contributed by atoms with E-state index in [9.17, 15) is 9.59 Å². The van der Waals surface area contributed by atoms with Crippen LogP contribution in [0.5, 0.6) is 0 Å². The van der Waals surface area contributed by atoms with Crippen molar-refractivity contribution in [1.82, 2.24) is 10.9 Å². The highest BCUT2D eigenvalue weighted by molar-refractivity contribution is 8.00. The molecule has 0 saturated carbocycles. The number of hydrogen-bond donors (Lipinski definition) is 2. The van der Waals surface area contributed by atoms with Gasteiger partial charge in [-0.2, -0.15) is 0 Å². The van der Waals surface area contributed by atoms with Crippen LogP contribution in [-0.4, -0.2) is 17.6 Å². The van der Waals surface area contributed by atoms with E-state index in [-0.39, 0.29) is 23.0 Å². The summed E-state index contributed by atoms with van der Waals surface area (Å²) < 4.78 is 0. The Bertz CT molecular complexity index is 659. The summed E-state index contributed by atoms with van der Waals surface area (Å²) in [6, 6.07) is 11.7. The molecule has 0 spiro atoms.